The fraction of sp³-hybridized carbons (Fsp3) is 0.111. The van der Waals surface area contributed by atoms with Crippen LogP contribution < -0.4 is 10.1 Å². The molecule has 2 aromatic heterocycles. The first kappa shape index (κ1) is 16.3. The normalized spacial score (nSPS) is 10.4. The average Bonchev–Trinajstić information content (AvgIpc) is 3.15. The average molecular weight is 387 g/mol. The van der Waals surface area contributed by atoms with E-state index in [1.807, 2.05) is 24.3 Å². The van der Waals surface area contributed by atoms with E-state index in [1.165, 1.54) is 0 Å². The van der Waals surface area contributed by atoms with Gasteiger partial charge in [-0.3, -0.25) is 9.78 Å². The van der Waals surface area contributed by atoms with E-state index in [-0.39, 0.29) is 5.91 Å². The Morgan fingerprint density at radius 1 is 1.29 bits per heavy atom. The lowest BCUT2D eigenvalue weighted by Gasteiger charge is -2.09. The molecule has 0 saturated carbocycles. The van der Waals surface area contributed by atoms with Crippen molar-refractivity contribution in [2.45, 2.75) is 6.54 Å². The molecule has 3 aromatic rings. The summed E-state index contributed by atoms with van der Waals surface area (Å²) in [5, 5.41) is 2.90. The Kier molecular flexibility index (Phi) is 4.96. The molecule has 0 bridgehead atoms. The summed E-state index contributed by atoms with van der Waals surface area (Å²) in [4.78, 5) is 16.7. The molecule has 1 aromatic carbocycles. The smallest absolute Gasteiger partial charge is 0.252 e. The van der Waals surface area contributed by atoms with Crippen molar-refractivity contribution in [3.63, 3.8) is 0 Å². The van der Waals surface area contributed by atoms with Crippen LogP contribution in [0.3, 0.4) is 0 Å². The maximum Gasteiger partial charge on any atom is 0.252 e. The zero-order valence-electron chi connectivity index (χ0n) is 13.0. The summed E-state index contributed by atoms with van der Waals surface area (Å²) < 4.78 is 11.2. The van der Waals surface area contributed by atoms with Gasteiger partial charge in [-0.15, -0.1) is 0 Å². The van der Waals surface area contributed by atoms with Crippen LogP contribution in [0.25, 0.3) is 11.5 Å². The molecule has 24 heavy (non-hydrogen) atoms. The Morgan fingerprint density at radius 2 is 2.17 bits per heavy atom. The molecule has 2 heterocycles. The number of hydrogen-bond donors (Lipinski definition) is 1. The number of hydrogen-bond acceptors (Lipinski definition) is 4. The number of nitrogens with one attached hydrogen (secondary N) is 1. The summed E-state index contributed by atoms with van der Waals surface area (Å²) in [5.41, 5.74) is 2.19. The Hall–Kier alpha value is -2.60. The van der Waals surface area contributed by atoms with Crippen molar-refractivity contribution < 1.29 is 13.9 Å². The topological polar surface area (TPSA) is 64.4 Å². The van der Waals surface area contributed by atoms with E-state index in [9.17, 15) is 4.79 Å². The van der Waals surface area contributed by atoms with Crippen LogP contribution in [-0.2, 0) is 6.54 Å². The number of rotatable bonds is 5. The molecule has 0 radical (unpaired) electrons. The zero-order chi connectivity index (χ0) is 16.9. The van der Waals surface area contributed by atoms with Crippen LogP contribution in [0.1, 0.15) is 15.9 Å². The van der Waals surface area contributed by atoms with Crippen molar-refractivity contribution in [1.82, 2.24) is 10.3 Å². The lowest BCUT2D eigenvalue weighted by molar-refractivity contribution is 0.0950. The SMILES string of the molecule is COc1ccc(Br)c(C(=O)NCc2ccnc(-c3ccco3)c2)c1. The second-order valence-electron chi connectivity index (χ2n) is 5.06. The number of carbonyl (C=O) groups excluding carboxylic acids is 1. The molecule has 0 aliphatic rings. The van der Waals surface area contributed by atoms with Gasteiger partial charge in [0.1, 0.15) is 11.4 Å². The van der Waals surface area contributed by atoms with Crippen molar-refractivity contribution in [2.24, 2.45) is 0 Å². The summed E-state index contributed by atoms with van der Waals surface area (Å²) in [6.45, 7) is 0.388. The van der Waals surface area contributed by atoms with Crippen LogP contribution in [0.5, 0.6) is 5.75 Å². The summed E-state index contributed by atoms with van der Waals surface area (Å²) >= 11 is 3.39. The fourth-order valence-corrected chi connectivity index (χ4v) is 2.65. The number of nitrogens with zero attached hydrogens (tertiary/aromatic N) is 1. The highest BCUT2D eigenvalue weighted by Gasteiger charge is 2.11. The van der Waals surface area contributed by atoms with E-state index in [1.54, 1.807) is 37.8 Å². The molecule has 0 aliphatic carbocycles. The molecule has 0 aliphatic heterocycles. The zero-order valence-corrected chi connectivity index (χ0v) is 14.5. The van der Waals surface area contributed by atoms with Gasteiger partial charge in [-0.1, -0.05) is 0 Å². The monoisotopic (exact) mass is 386 g/mol. The fourth-order valence-electron chi connectivity index (χ4n) is 2.23. The number of furan rings is 1. The van der Waals surface area contributed by atoms with Gasteiger partial charge < -0.3 is 14.5 Å². The molecule has 5 nitrogen and oxygen atoms in total. The van der Waals surface area contributed by atoms with E-state index in [2.05, 4.69) is 26.2 Å². The van der Waals surface area contributed by atoms with Crippen LogP contribution >= 0.6 is 15.9 Å². The predicted molar refractivity (Wildman–Crippen MR) is 93.8 cm³/mol. The van der Waals surface area contributed by atoms with Gasteiger partial charge in [0.05, 0.1) is 18.9 Å². The van der Waals surface area contributed by atoms with Crippen LogP contribution in [0.4, 0.5) is 0 Å². The first-order valence-electron chi connectivity index (χ1n) is 7.28. The third kappa shape index (κ3) is 3.65. The van der Waals surface area contributed by atoms with Gasteiger partial charge in [-0.05, 0) is 64.0 Å². The third-order valence-electron chi connectivity index (χ3n) is 3.47. The van der Waals surface area contributed by atoms with Gasteiger partial charge >= 0.3 is 0 Å². The molecule has 0 unspecified atom stereocenters. The van der Waals surface area contributed by atoms with Gasteiger partial charge in [-0.2, -0.15) is 0 Å². The van der Waals surface area contributed by atoms with Crippen molar-refractivity contribution >= 4 is 21.8 Å². The minimum atomic E-state index is -0.183. The number of halogens is 1. The summed E-state index contributed by atoms with van der Waals surface area (Å²) in [5.74, 6) is 1.14. The first-order chi connectivity index (χ1) is 11.7. The highest BCUT2D eigenvalue weighted by Crippen LogP contribution is 2.23. The minimum absolute atomic E-state index is 0.183. The molecule has 0 fully saturated rings. The Balaban J connectivity index is 1.72. The number of benzene rings is 1. The van der Waals surface area contributed by atoms with Crippen LogP contribution in [-0.4, -0.2) is 18.0 Å². The van der Waals surface area contributed by atoms with E-state index >= 15 is 0 Å². The largest absolute Gasteiger partial charge is 0.497 e. The number of aromatic nitrogens is 1. The van der Waals surface area contributed by atoms with E-state index in [0.29, 0.717) is 28.1 Å². The standard InChI is InChI=1S/C18H15BrN2O3/c1-23-13-4-5-15(19)14(10-13)18(22)21-11-12-6-7-20-16(9-12)17-3-2-8-24-17/h2-10H,11H2,1H3,(H,21,22). The molecule has 0 atom stereocenters. The number of amides is 1. The van der Waals surface area contributed by atoms with Crippen molar-refractivity contribution in [2.75, 3.05) is 7.11 Å². The molecular formula is C18H15BrN2O3. The number of ether oxygens (including phenoxy) is 1. The Bertz CT molecular complexity index is 847. The molecule has 1 N–H and O–H groups in total. The van der Waals surface area contributed by atoms with E-state index in [0.717, 1.165) is 11.3 Å². The van der Waals surface area contributed by atoms with Crippen molar-refractivity contribution in [3.05, 3.63) is 70.5 Å². The second kappa shape index (κ2) is 7.31. The third-order valence-corrected chi connectivity index (χ3v) is 4.16. The highest BCUT2D eigenvalue weighted by molar-refractivity contribution is 9.10. The number of carbonyl (C=O) groups is 1. The molecule has 3 rings (SSSR count). The maximum atomic E-state index is 12.4. The van der Waals surface area contributed by atoms with Crippen molar-refractivity contribution in [1.29, 1.82) is 0 Å². The van der Waals surface area contributed by atoms with Crippen LogP contribution in [0.2, 0.25) is 0 Å². The Labute approximate surface area is 147 Å². The molecule has 122 valence electrons. The van der Waals surface area contributed by atoms with Gasteiger partial charge in [0.15, 0.2) is 5.76 Å². The summed E-state index contributed by atoms with van der Waals surface area (Å²) in [7, 11) is 1.57. The lowest BCUT2D eigenvalue weighted by atomic mass is 10.1. The molecule has 6 heteroatoms. The van der Waals surface area contributed by atoms with Gasteiger partial charge in [0.2, 0.25) is 0 Å². The molecule has 0 spiro atoms. The second-order valence-corrected chi connectivity index (χ2v) is 5.91. The van der Waals surface area contributed by atoms with Crippen LogP contribution in [0, 0.1) is 0 Å². The van der Waals surface area contributed by atoms with Gasteiger partial charge in [0, 0.05) is 17.2 Å². The van der Waals surface area contributed by atoms with Crippen molar-refractivity contribution in [3.8, 4) is 17.2 Å². The quantitative estimate of drug-likeness (QED) is 0.718. The van der Waals surface area contributed by atoms with Gasteiger partial charge in [-0.25, -0.2) is 0 Å². The van der Waals surface area contributed by atoms with E-state index < -0.39 is 0 Å². The molecule has 1 amide bonds. The summed E-state index contributed by atoms with van der Waals surface area (Å²) in [6.07, 6.45) is 3.30. The highest BCUT2D eigenvalue weighted by atomic mass is 79.9. The molecule has 0 saturated heterocycles. The van der Waals surface area contributed by atoms with Gasteiger partial charge in [0.25, 0.3) is 5.91 Å². The number of pyridine rings is 1. The molecular weight excluding hydrogens is 372 g/mol. The van der Waals surface area contributed by atoms with E-state index in [4.69, 9.17) is 9.15 Å². The predicted octanol–water partition coefficient (Wildman–Crippen LogP) is 4.04. The maximum absolute atomic E-state index is 12.4. The number of methoxy groups -OCH3 is 1. The lowest BCUT2D eigenvalue weighted by Crippen LogP contribution is -2.23. The Morgan fingerprint density at radius 3 is 2.92 bits per heavy atom. The first-order valence-corrected chi connectivity index (χ1v) is 8.07. The summed E-state index contributed by atoms with van der Waals surface area (Å²) in [6, 6.07) is 12.7. The van der Waals surface area contributed by atoms with Crippen LogP contribution in [0.15, 0.2) is 63.8 Å². The minimum Gasteiger partial charge on any atom is -0.497 e.